The molecule has 0 spiro atoms. The van der Waals surface area contributed by atoms with E-state index in [2.05, 4.69) is 20.6 Å². The number of halogens is 1. The second-order valence-corrected chi connectivity index (χ2v) is 6.21. The summed E-state index contributed by atoms with van der Waals surface area (Å²) < 4.78 is 13.1. The number of carbonyl (C=O) groups is 3. The van der Waals surface area contributed by atoms with Crippen molar-refractivity contribution in [2.45, 2.75) is 6.42 Å². The van der Waals surface area contributed by atoms with E-state index in [4.69, 9.17) is 0 Å². The zero-order valence-electron chi connectivity index (χ0n) is 13.3. The predicted molar refractivity (Wildman–Crippen MR) is 95.6 cm³/mol. The molecule has 1 aromatic carbocycles. The van der Waals surface area contributed by atoms with Gasteiger partial charge in [-0.15, -0.1) is 11.3 Å². The van der Waals surface area contributed by atoms with Crippen molar-refractivity contribution in [1.29, 1.82) is 0 Å². The van der Waals surface area contributed by atoms with Gasteiger partial charge in [0.1, 0.15) is 11.7 Å². The third-order valence-electron chi connectivity index (χ3n) is 3.37. The summed E-state index contributed by atoms with van der Waals surface area (Å²) >= 11 is 1.14. The number of aliphatic imine (C=N–C) groups is 1. The largest absolute Gasteiger partial charge is 0.326 e. The molecule has 132 valence electrons. The minimum absolute atomic E-state index is 0.0323. The molecule has 0 radical (unpaired) electrons. The van der Waals surface area contributed by atoms with E-state index < -0.39 is 23.5 Å². The van der Waals surface area contributed by atoms with Crippen molar-refractivity contribution in [3.8, 4) is 0 Å². The van der Waals surface area contributed by atoms with Gasteiger partial charge in [-0.05, 0) is 24.3 Å². The van der Waals surface area contributed by atoms with Crippen LogP contribution in [0, 0.1) is 11.7 Å². The number of thiazole rings is 1. The molecule has 1 unspecified atom stereocenters. The monoisotopic (exact) mass is 372 g/mol. The van der Waals surface area contributed by atoms with Crippen LogP contribution in [0.25, 0.3) is 0 Å². The number of carbonyl (C=O) groups excluding carboxylic acids is 3. The first-order valence-electron chi connectivity index (χ1n) is 7.56. The van der Waals surface area contributed by atoms with Gasteiger partial charge in [0.2, 0.25) is 11.8 Å². The highest BCUT2D eigenvalue weighted by atomic mass is 32.1. The summed E-state index contributed by atoms with van der Waals surface area (Å²) in [5.74, 6) is -2.87. The number of allylic oxidation sites excluding steroid dienone is 1. The summed E-state index contributed by atoms with van der Waals surface area (Å²) in [5.41, 5.74) is 0.796. The van der Waals surface area contributed by atoms with Gasteiger partial charge in [0.15, 0.2) is 5.13 Å². The molecule has 0 aliphatic carbocycles. The Balaban J connectivity index is 1.56. The molecule has 2 heterocycles. The van der Waals surface area contributed by atoms with Crippen molar-refractivity contribution in [3.05, 3.63) is 53.3 Å². The fraction of sp³-hybridized carbons (Fsp3) is 0.118. The van der Waals surface area contributed by atoms with Crippen LogP contribution in [0.1, 0.15) is 5.69 Å². The van der Waals surface area contributed by atoms with E-state index in [0.717, 1.165) is 11.3 Å². The van der Waals surface area contributed by atoms with Crippen LogP contribution in [0.5, 0.6) is 0 Å². The molecular formula is C17H13FN4O3S. The van der Waals surface area contributed by atoms with Gasteiger partial charge < -0.3 is 10.6 Å². The third kappa shape index (κ3) is 4.45. The van der Waals surface area contributed by atoms with Crippen LogP contribution < -0.4 is 10.6 Å². The van der Waals surface area contributed by atoms with Crippen LogP contribution in [-0.2, 0) is 20.8 Å². The van der Waals surface area contributed by atoms with Crippen LogP contribution in [0.3, 0.4) is 0 Å². The number of rotatable bonds is 5. The van der Waals surface area contributed by atoms with Crippen LogP contribution >= 0.6 is 11.3 Å². The zero-order valence-corrected chi connectivity index (χ0v) is 14.1. The Morgan fingerprint density at radius 2 is 2.12 bits per heavy atom. The molecule has 9 heteroatoms. The highest BCUT2D eigenvalue weighted by Gasteiger charge is 2.25. The molecule has 2 N–H and O–H groups in total. The van der Waals surface area contributed by atoms with Crippen LogP contribution in [0.15, 0.2) is 46.8 Å². The van der Waals surface area contributed by atoms with Crippen LogP contribution in [0.2, 0.25) is 0 Å². The highest BCUT2D eigenvalue weighted by molar-refractivity contribution is 7.14. The topological polar surface area (TPSA) is 101 Å². The molecule has 0 saturated heterocycles. The van der Waals surface area contributed by atoms with Crippen LogP contribution in [0.4, 0.5) is 15.2 Å². The van der Waals surface area contributed by atoms with Crippen molar-refractivity contribution in [2.24, 2.45) is 10.9 Å². The fourth-order valence-electron chi connectivity index (χ4n) is 2.20. The molecular weight excluding hydrogens is 359 g/mol. The molecule has 7 nitrogen and oxygen atoms in total. The van der Waals surface area contributed by atoms with E-state index in [1.54, 1.807) is 11.4 Å². The summed E-state index contributed by atoms with van der Waals surface area (Å²) in [5, 5.41) is 7.00. The number of benzene rings is 1. The number of nitrogens with zero attached hydrogens (tertiary/aromatic N) is 2. The lowest BCUT2D eigenvalue weighted by molar-refractivity contribution is -0.128. The van der Waals surface area contributed by atoms with E-state index in [1.807, 2.05) is 0 Å². The molecule has 1 aliphatic heterocycles. The van der Waals surface area contributed by atoms with Gasteiger partial charge in [-0.3, -0.25) is 14.4 Å². The van der Waals surface area contributed by atoms with Crippen LogP contribution in [-0.4, -0.2) is 28.9 Å². The smallest absolute Gasteiger partial charge is 0.262 e. The molecule has 1 aromatic heterocycles. The molecule has 1 aliphatic rings. The number of dihydropyridines is 1. The first kappa shape index (κ1) is 17.6. The van der Waals surface area contributed by atoms with Gasteiger partial charge in [-0.1, -0.05) is 12.1 Å². The van der Waals surface area contributed by atoms with Gasteiger partial charge in [0.05, 0.1) is 12.1 Å². The van der Waals surface area contributed by atoms with Gasteiger partial charge in [-0.25, -0.2) is 14.4 Å². The number of aromatic nitrogens is 1. The second kappa shape index (κ2) is 7.79. The lowest BCUT2D eigenvalue weighted by atomic mass is 10.1. The van der Waals surface area contributed by atoms with Gasteiger partial charge in [0.25, 0.3) is 5.91 Å². The molecule has 2 aromatic rings. The molecule has 0 fully saturated rings. The van der Waals surface area contributed by atoms with E-state index in [-0.39, 0.29) is 17.5 Å². The molecule has 0 saturated carbocycles. The minimum Gasteiger partial charge on any atom is -0.326 e. The van der Waals surface area contributed by atoms with Crippen molar-refractivity contribution in [3.63, 3.8) is 0 Å². The fourth-order valence-corrected chi connectivity index (χ4v) is 2.92. The summed E-state index contributed by atoms with van der Waals surface area (Å²) in [6.45, 7) is 0. The maximum absolute atomic E-state index is 13.1. The summed E-state index contributed by atoms with van der Waals surface area (Å²) in [7, 11) is 0. The maximum Gasteiger partial charge on any atom is 0.262 e. The van der Waals surface area contributed by atoms with Crippen molar-refractivity contribution < 1.29 is 18.8 Å². The molecule has 26 heavy (non-hydrogen) atoms. The average molecular weight is 372 g/mol. The van der Waals surface area contributed by atoms with E-state index in [9.17, 15) is 18.8 Å². The Labute approximate surface area is 151 Å². The van der Waals surface area contributed by atoms with E-state index >= 15 is 0 Å². The SMILES string of the molecule is O=C(Cc1csc(NC(=O)C2C=CC=NC2=O)n1)Nc1cccc(F)c1. The maximum atomic E-state index is 13.1. The lowest BCUT2D eigenvalue weighted by Gasteiger charge is -2.09. The Morgan fingerprint density at radius 3 is 2.88 bits per heavy atom. The molecule has 3 rings (SSSR count). The van der Waals surface area contributed by atoms with E-state index in [0.29, 0.717) is 11.4 Å². The van der Waals surface area contributed by atoms with E-state index in [1.165, 1.54) is 36.6 Å². The number of nitrogens with one attached hydrogen (secondary N) is 2. The van der Waals surface area contributed by atoms with Crippen molar-refractivity contribution in [1.82, 2.24) is 4.98 Å². The van der Waals surface area contributed by atoms with Crippen molar-refractivity contribution >= 4 is 46.1 Å². The standard InChI is InChI=1S/C17H13FN4O3S/c18-10-3-1-4-11(7-10)20-14(23)8-12-9-26-17(21-12)22-16(25)13-5-2-6-19-15(13)24/h1-7,9,13H,8H2,(H,20,23)(H,21,22,25). The first-order valence-corrected chi connectivity index (χ1v) is 8.44. The summed E-state index contributed by atoms with van der Waals surface area (Å²) in [6.07, 6.45) is 4.27. The Hall–Kier alpha value is -3.20. The Kier molecular flexibility index (Phi) is 5.28. The zero-order chi connectivity index (χ0) is 18.5. The van der Waals surface area contributed by atoms with Gasteiger partial charge >= 0.3 is 0 Å². The quantitative estimate of drug-likeness (QED) is 0.786. The minimum atomic E-state index is -0.983. The van der Waals surface area contributed by atoms with Crippen molar-refractivity contribution in [2.75, 3.05) is 10.6 Å². The average Bonchev–Trinajstić information content (AvgIpc) is 3.01. The second-order valence-electron chi connectivity index (χ2n) is 5.35. The Morgan fingerprint density at radius 1 is 1.27 bits per heavy atom. The normalized spacial score (nSPS) is 15.7. The summed E-state index contributed by atoms with van der Waals surface area (Å²) in [6, 6.07) is 5.56. The highest BCUT2D eigenvalue weighted by Crippen LogP contribution is 2.18. The Bertz CT molecular complexity index is 922. The molecule has 1 atom stereocenters. The third-order valence-corrected chi connectivity index (χ3v) is 4.18. The van der Waals surface area contributed by atoms with Gasteiger partial charge in [0, 0.05) is 17.3 Å². The molecule has 3 amide bonds. The first-order chi connectivity index (χ1) is 12.5. The predicted octanol–water partition coefficient (Wildman–Crippen LogP) is 2.19. The lowest BCUT2D eigenvalue weighted by Crippen LogP contribution is -2.28. The van der Waals surface area contributed by atoms with Gasteiger partial charge in [-0.2, -0.15) is 0 Å². The number of amides is 3. The number of anilines is 2. The molecule has 0 bridgehead atoms. The number of hydrogen-bond donors (Lipinski definition) is 2. The summed E-state index contributed by atoms with van der Waals surface area (Å²) in [4.78, 5) is 43.3. The number of hydrogen-bond acceptors (Lipinski definition) is 5.